The molecule has 2 aromatic heterocycles. The number of para-hydroxylation sites is 2. The fourth-order valence-corrected chi connectivity index (χ4v) is 5.28. The van der Waals surface area contributed by atoms with Crippen molar-refractivity contribution in [1.82, 2.24) is 23.6 Å². The number of carbonyl (C=O) groups excluding carboxylic acids is 1. The summed E-state index contributed by atoms with van der Waals surface area (Å²) in [5.74, 6) is 1.40. The van der Waals surface area contributed by atoms with Crippen molar-refractivity contribution in [3.05, 3.63) is 56.5 Å². The van der Waals surface area contributed by atoms with Crippen molar-refractivity contribution < 1.29 is 9.53 Å². The van der Waals surface area contributed by atoms with E-state index in [0.717, 1.165) is 34.3 Å². The smallest absolute Gasteiger partial charge is 0.333 e. The lowest BCUT2D eigenvalue weighted by Gasteiger charge is -2.27. The highest BCUT2D eigenvalue weighted by Gasteiger charge is 2.44. The van der Waals surface area contributed by atoms with E-state index in [9.17, 15) is 14.4 Å². The molecule has 5 rings (SSSR count). The van der Waals surface area contributed by atoms with Crippen LogP contribution in [-0.2, 0) is 31.9 Å². The van der Waals surface area contributed by atoms with Gasteiger partial charge in [-0.1, -0.05) is 12.1 Å². The van der Waals surface area contributed by atoms with Crippen LogP contribution >= 0.6 is 0 Å². The van der Waals surface area contributed by atoms with Crippen LogP contribution in [-0.4, -0.2) is 48.2 Å². The molecule has 1 spiro atoms. The monoisotopic (exact) mass is 451 g/mol. The number of carbonyl (C=O) groups is 1. The number of aromatic nitrogens is 4. The summed E-state index contributed by atoms with van der Waals surface area (Å²) < 4.78 is 10.9. The Morgan fingerprint density at radius 3 is 2.73 bits per heavy atom. The Morgan fingerprint density at radius 1 is 1.12 bits per heavy atom. The Bertz CT molecular complexity index is 1370. The third-order valence-corrected chi connectivity index (χ3v) is 7.16. The van der Waals surface area contributed by atoms with Crippen LogP contribution < -0.4 is 16.0 Å². The van der Waals surface area contributed by atoms with Gasteiger partial charge in [0.2, 0.25) is 11.8 Å². The van der Waals surface area contributed by atoms with Gasteiger partial charge >= 0.3 is 5.69 Å². The van der Waals surface area contributed by atoms with Crippen molar-refractivity contribution in [3.8, 4) is 5.88 Å². The van der Waals surface area contributed by atoms with Gasteiger partial charge in [0.05, 0.1) is 16.6 Å². The minimum atomic E-state index is -0.536. The number of likely N-dealkylation sites (tertiary alicyclic amines) is 1. The van der Waals surface area contributed by atoms with Crippen LogP contribution in [0, 0.1) is 6.92 Å². The topological polar surface area (TPSA) is 91.4 Å². The van der Waals surface area contributed by atoms with Crippen LogP contribution in [0.25, 0.3) is 11.0 Å². The molecular formula is C24H29N5O4. The number of hydrogen-bond acceptors (Lipinski definition) is 5. The zero-order chi connectivity index (χ0) is 23.3. The molecule has 9 heteroatoms. The third kappa shape index (κ3) is 3.55. The molecule has 0 aliphatic carbocycles. The van der Waals surface area contributed by atoms with Crippen molar-refractivity contribution in [2.75, 3.05) is 13.1 Å². The molecule has 1 fully saturated rings. The van der Waals surface area contributed by atoms with E-state index in [2.05, 4.69) is 9.55 Å². The van der Waals surface area contributed by atoms with E-state index < -0.39 is 5.60 Å². The quantitative estimate of drug-likeness (QED) is 0.602. The molecule has 2 aliphatic heterocycles. The molecule has 1 amide bonds. The molecule has 0 bridgehead atoms. The van der Waals surface area contributed by atoms with Gasteiger partial charge in [-0.15, -0.1) is 0 Å². The largest absolute Gasteiger partial charge is 0.471 e. The summed E-state index contributed by atoms with van der Waals surface area (Å²) in [4.78, 5) is 44.5. The maximum absolute atomic E-state index is 13.1. The summed E-state index contributed by atoms with van der Waals surface area (Å²) in [6.07, 6.45) is 3.06. The third-order valence-electron chi connectivity index (χ3n) is 7.16. The van der Waals surface area contributed by atoms with Crippen LogP contribution in [0.4, 0.5) is 0 Å². The first-order valence-electron chi connectivity index (χ1n) is 11.5. The maximum Gasteiger partial charge on any atom is 0.333 e. The minimum Gasteiger partial charge on any atom is -0.471 e. The van der Waals surface area contributed by atoms with Crippen molar-refractivity contribution in [2.24, 2.45) is 14.1 Å². The molecule has 1 atom stereocenters. The Balaban J connectivity index is 1.28. The summed E-state index contributed by atoms with van der Waals surface area (Å²) >= 11 is 0. The summed E-state index contributed by atoms with van der Waals surface area (Å²) in [6.45, 7) is 3.80. The Labute approximate surface area is 191 Å². The van der Waals surface area contributed by atoms with Gasteiger partial charge in [-0.25, -0.2) is 9.78 Å². The van der Waals surface area contributed by atoms with Crippen molar-refractivity contribution in [2.45, 2.75) is 51.2 Å². The van der Waals surface area contributed by atoms with Gasteiger partial charge in [0.1, 0.15) is 11.4 Å². The highest BCUT2D eigenvalue weighted by molar-refractivity contribution is 5.78. The highest BCUT2D eigenvalue weighted by Crippen LogP contribution is 2.38. The highest BCUT2D eigenvalue weighted by atomic mass is 16.5. The van der Waals surface area contributed by atoms with Gasteiger partial charge in [0.25, 0.3) is 5.56 Å². The lowest BCUT2D eigenvalue weighted by Crippen LogP contribution is -2.38. The molecule has 1 aromatic carbocycles. The van der Waals surface area contributed by atoms with Crippen LogP contribution in [0.3, 0.4) is 0 Å². The lowest BCUT2D eigenvalue weighted by atomic mass is 9.90. The first-order chi connectivity index (χ1) is 15.8. The molecule has 174 valence electrons. The van der Waals surface area contributed by atoms with E-state index >= 15 is 0 Å². The number of rotatable bonds is 3. The average Bonchev–Trinajstić information content (AvgIpc) is 3.26. The second kappa shape index (κ2) is 7.90. The van der Waals surface area contributed by atoms with Gasteiger partial charge in [0, 0.05) is 53.0 Å². The standard InChI is InChI=1S/C24H29N5O4/c1-16-25-18-7-4-5-8-19(18)29(16)13-9-20(30)28-12-6-10-24(11-14-28)15-17-21(31)26(2)23(32)27(3)22(17)33-24/h4-5,7-8H,6,9-15H2,1-3H3/t24-/m0/s1. The fourth-order valence-electron chi connectivity index (χ4n) is 5.28. The van der Waals surface area contributed by atoms with E-state index in [0.29, 0.717) is 50.3 Å². The normalized spacial score (nSPS) is 20.2. The van der Waals surface area contributed by atoms with Gasteiger partial charge < -0.3 is 14.2 Å². The van der Waals surface area contributed by atoms with E-state index in [1.54, 1.807) is 7.05 Å². The Hall–Kier alpha value is -3.36. The number of amides is 1. The van der Waals surface area contributed by atoms with Crippen molar-refractivity contribution in [1.29, 1.82) is 0 Å². The van der Waals surface area contributed by atoms with E-state index in [-0.39, 0.29) is 17.2 Å². The molecule has 1 saturated heterocycles. The zero-order valence-corrected chi connectivity index (χ0v) is 19.3. The molecule has 9 nitrogen and oxygen atoms in total. The lowest BCUT2D eigenvalue weighted by molar-refractivity contribution is -0.131. The van der Waals surface area contributed by atoms with Crippen molar-refractivity contribution >= 4 is 16.9 Å². The van der Waals surface area contributed by atoms with E-state index in [1.807, 2.05) is 36.1 Å². The van der Waals surface area contributed by atoms with E-state index in [1.165, 1.54) is 11.6 Å². The maximum atomic E-state index is 13.1. The number of hydrogen-bond donors (Lipinski definition) is 0. The van der Waals surface area contributed by atoms with Crippen LogP contribution in [0.1, 0.15) is 37.1 Å². The first kappa shape index (κ1) is 21.5. The fraction of sp³-hybridized carbons (Fsp3) is 0.500. The van der Waals surface area contributed by atoms with Crippen molar-refractivity contribution in [3.63, 3.8) is 0 Å². The molecular weight excluding hydrogens is 422 g/mol. The molecule has 4 heterocycles. The molecule has 2 aliphatic rings. The number of imidazole rings is 1. The Kier molecular flexibility index (Phi) is 5.14. The van der Waals surface area contributed by atoms with Crippen LogP contribution in [0.15, 0.2) is 33.9 Å². The molecule has 0 unspecified atom stereocenters. The molecule has 33 heavy (non-hydrogen) atoms. The Morgan fingerprint density at radius 2 is 1.91 bits per heavy atom. The number of ether oxygens (including phenoxy) is 1. The zero-order valence-electron chi connectivity index (χ0n) is 19.3. The molecule has 0 saturated carbocycles. The predicted octanol–water partition coefficient (Wildman–Crippen LogP) is 1.52. The number of aryl methyl sites for hydroxylation is 2. The van der Waals surface area contributed by atoms with E-state index in [4.69, 9.17) is 4.74 Å². The number of nitrogens with zero attached hydrogens (tertiary/aromatic N) is 5. The summed E-state index contributed by atoms with van der Waals surface area (Å²) in [7, 11) is 3.13. The first-order valence-corrected chi connectivity index (χ1v) is 11.5. The van der Waals surface area contributed by atoms with Crippen LogP contribution in [0.2, 0.25) is 0 Å². The van der Waals surface area contributed by atoms with Gasteiger partial charge in [0.15, 0.2) is 0 Å². The number of fused-ring (bicyclic) bond motifs is 2. The van der Waals surface area contributed by atoms with Gasteiger partial charge in [-0.2, -0.15) is 0 Å². The second-order valence-corrected chi connectivity index (χ2v) is 9.24. The second-order valence-electron chi connectivity index (χ2n) is 9.24. The molecule has 3 aromatic rings. The van der Waals surface area contributed by atoms with Crippen LogP contribution in [0.5, 0.6) is 5.88 Å². The minimum absolute atomic E-state index is 0.114. The summed E-state index contributed by atoms with van der Waals surface area (Å²) in [5.41, 5.74) is 1.33. The summed E-state index contributed by atoms with van der Waals surface area (Å²) in [6, 6.07) is 7.97. The number of benzene rings is 1. The van der Waals surface area contributed by atoms with Gasteiger partial charge in [-0.3, -0.25) is 18.7 Å². The average molecular weight is 452 g/mol. The summed E-state index contributed by atoms with van der Waals surface area (Å²) in [5, 5.41) is 0. The molecule has 0 radical (unpaired) electrons. The predicted molar refractivity (Wildman–Crippen MR) is 124 cm³/mol. The SMILES string of the molecule is Cc1nc2ccccc2n1CCC(=O)N1CCC[C@]2(CC1)Cc1c(n(C)c(=O)n(C)c1=O)O2. The molecule has 0 N–H and O–H groups in total. The van der Waals surface area contributed by atoms with Gasteiger partial charge in [-0.05, 0) is 31.9 Å².